The van der Waals surface area contributed by atoms with E-state index in [0.29, 0.717) is 17.9 Å². The first kappa shape index (κ1) is 24.6. The first-order chi connectivity index (χ1) is 14.6. The number of carbonyl (C=O) groups excluding carboxylic acids is 2. The topological polar surface area (TPSA) is 82.0 Å². The molecule has 5 nitrogen and oxygen atoms in total. The van der Waals surface area contributed by atoms with Crippen LogP contribution in [0.2, 0.25) is 0 Å². The summed E-state index contributed by atoms with van der Waals surface area (Å²) in [6.07, 6.45) is 2.55. The summed E-state index contributed by atoms with van der Waals surface area (Å²) in [5.74, 6) is -0.0579. The van der Waals surface area contributed by atoms with E-state index in [4.69, 9.17) is 5.26 Å². The number of carbonyl (C=O) groups is 2. The molecule has 0 atom stereocenters. The van der Waals surface area contributed by atoms with Crippen molar-refractivity contribution in [3.63, 3.8) is 0 Å². The van der Waals surface area contributed by atoms with Crippen LogP contribution in [0.15, 0.2) is 30.3 Å². The first-order valence-corrected chi connectivity index (χ1v) is 13.6. The number of hydrogen-bond donors (Lipinski definition) is 2. The molecule has 0 saturated heterocycles. The summed E-state index contributed by atoms with van der Waals surface area (Å²) in [5, 5.41) is 15.3. The number of aryl methyl sites for hydroxylation is 4. The average Bonchev–Trinajstić information content (AvgIpc) is 2.72. The second-order valence-electron chi connectivity index (χ2n) is 8.52. The molecule has 2 rings (SSSR count). The van der Waals surface area contributed by atoms with Crippen molar-refractivity contribution in [2.24, 2.45) is 0 Å². The van der Waals surface area contributed by atoms with Crippen LogP contribution in [-0.2, 0) is 9.59 Å². The first-order valence-electron chi connectivity index (χ1n) is 10.8. The monoisotopic (exact) mass is 439 g/mol. The number of hydrogen-bond acceptors (Lipinski definition) is 3. The van der Waals surface area contributed by atoms with Gasteiger partial charge in [-0.25, -0.2) is 0 Å². The van der Waals surface area contributed by atoms with Crippen molar-refractivity contribution in [3.8, 4) is 6.07 Å². The van der Waals surface area contributed by atoms with Gasteiger partial charge in [0.25, 0.3) is 0 Å². The summed E-state index contributed by atoms with van der Waals surface area (Å²) in [6.45, 7) is 11.9. The Balaban J connectivity index is 2.15. The maximum absolute atomic E-state index is 13.0. The summed E-state index contributed by atoms with van der Waals surface area (Å²) in [5.41, 5.74) is 6.05. The van der Waals surface area contributed by atoms with Gasteiger partial charge < -0.3 is 0 Å². The second-order valence-corrected chi connectivity index (χ2v) is 13.6. The summed E-state index contributed by atoms with van der Waals surface area (Å²) in [6, 6.07) is 11.7. The zero-order valence-corrected chi connectivity index (χ0v) is 20.5. The molecule has 0 aromatic heterocycles. The van der Waals surface area contributed by atoms with Gasteiger partial charge in [0.15, 0.2) is 0 Å². The molecule has 31 heavy (non-hydrogen) atoms. The standard InChI is InChI=1S/C25H34N3O2P/c1-7-31(8-2,15-22(29)27-24-17(3)10-9-11-18(24)4)16-23(30)28-25-19(5)12-21(14-26)13-20(25)6/h9-13,31H,7-8,15-16H2,1-6H3,(H,27,29)(H,28,30). The van der Waals surface area contributed by atoms with E-state index in [9.17, 15) is 9.59 Å². The molecule has 0 aliphatic carbocycles. The third-order valence-electron chi connectivity index (χ3n) is 6.24. The minimum atomic E-state index is -2.14. The van der Waals surface area contributed by atoms with Crippen molar-refractivity contribution in [1.29, 1.82) is 5.26 Å². The Bertz CT molecular complexity index is 977. The number of rotatable bonds is 8. The van der Waals surface area contributed by atoms with E-state index in [-0.39, 0.29) is 11.8 Å². The number of amides is 2. The summed E-state index contributed by atoms with van der Waals surface area (Å²) in [7, 11) is -2.14. The normalized spacial score (nSPS) is 11.5. The fourth-order valence-electron chi connectivity index (χ4n) is 4.10. The number of benzene rings is 2. The molecule has 0 fully saturated rings. The number of nitriles is 1. The predicted molar refractivity (Wildman–Crippen MR) is 133 cm³/mol. The minimum absolute atomic E-state index is 0.00805. The third kappa shape index (κ3) is 6.15. The van der Waals surface area contributed by atoms with Gasteiger partial charge in [0, 0.05) is 0 Å². The van der Waals surface area contributed by atoms with Gasteiger partial charge in [-0.1, -0.05) is 0 Å². The van der Waals surface area contributed by atoms with Gasteiger partial charge >= 0.3 is 186 Å². The Morgan fingerprint density at radius 1 is 0.839 bits per heavy atom. The van der Waals surface area contributed by atoms with Crippen molar-refractivity contribution < 1.29 is 9.59 Å². The van der Waals surface area contributed by atoms with Crippen LogP contribution in [0.25, 0.3) is 0 Å². The molecule has 0 aliphatic heterocycles. The second kappa shape index (κ2) is 10.6. The molecule has 2 amide bonds. The van der Waals surface area contributed by atoms with E-state index in [1.165, 1.54) is 0 Å². The number of para-hydroxylation sites is 1. The molecule has 0 radical (unpaired) electrons. The SMILES string of the molecule is CC[PH](CC)(CC(=O)Nc1c(C)cccc1C)CC(=O)Nc1c(C)cc(C#N)cc1C. The summed E-state index contributed by atoms with van der Waals surface area (Å²) < 4.78 is 0. The van der Waals surface area contributed by atoms with E-state index in [1.807, 2.05) is 45.9 Å². The van der Waals surface area contributed by atoms with Crippen LogP contribution >= 0.6 is 7.26 Å². The average molecular weight is 440 g/mol. The molecule has 6 heteroatoms. The third-order valence-corrected chi connectivity index (χ3v) is 11.4. The number of anilines is 2. The molecular weight excluding hydrogens is 405 g/mol. The van der Waals surface area contributed by atoms with Gasteiger partial charge in [-0.05, 0) is 0 Å². The van der Waals surface area contributed by atoms with E-state index in [0.717, 1.165) is 46.0 Å². The number of nitrogens with one attached hydrogen (secondary N) is 2. The molecule has 2 aromatic rings. The van der Waals surface area contributed by atoms with Crippen LogP contribution in [0.4, 0.5) is 11.4 Å². The quantitative estimate of drug-likeness (QED) is 0.558. The van der Waals surface area contributed by atoms with Gasteiger partial charge in [0.05, 0.1) is 0 Å². The molecule has 0 heterocycles. The van der Waals surface area contributed by atoms with Crippen molar-refractivity contribution in [1.82, 2.24) is 0 Å². The Hall–Kier alpha value is -2.70. The van der Waals surface area contributed by atoms with Crippen LogP contribution in [0.1, 0.15) is 41.7 Å². The van der Waals surface area contributed by atoms with E-state index in [1.54, 1.807) is 12.1 Å². The molecule has 2 aromatic carbocycles. The van der Waals surface area contributed by atoms with Crippen LogP contribution < -0.4 is 10.6 Å². The zero-order chi connectivity index (χ0) is 23.2. The van der Waals surface area contributed by atoms with Crippen molar-refractivity contribution in [2.45, 2.75) is 41.5 Å². The number of nitrogens with zero attached hydrogens (tertiary/aromatic N) is 1. The van der Waals surface area contributed by atoms with Gasteiger partial charge in [0.1, 0.15) is 0 Å². The van der Waals surface area contributed by atoms with Crippen LogP contribution in [0, 0.1) is 39.0 Å². The van der Waals surface area contributed by atoms with Crippen molar-refractivity contribution in [3.05, 3.63) is 58.1 Å². The predicted octanol–water partition coefficient (Wildman–Crippen LogP) is 5.16. The molecule has 166 valence electrons. The maximum atomic E-state index is 13.0. The van der Waals surface area contributed by atoms with Crippen LogP contribution in [0.5, 0.6) is 0 Å². The molecular formula is C25H34N3O2P. The molecule has 0 bridgehead atoms. The fraction of sp³-hybridized carbons (Fsp3) is 0.400. The molecule has 0 saturated carbocycles. The van der Waals surface area contributed by atoms with Gasteiger partial charge in [-0.3, -0.25) is 0 Å². The van der Waals surface area contributed by atoms with Crippen molar-refractivity contribution >= 4 is 30.5 Å². The molecule has 2 N–H and O–H groups in total. The van der Waals surface area contributed by atoms with E-state index in [2.05, 4.69) is 30.6 Å². The van der Waals surface area contributed by atoms with Crippen LogP contribution in [0.3, 0.4) is 0 Å². The van der Waals surface area contributed by atoms with Gasteiger partial charge in [0.2, 0.25) is 0 Å². The Labute approximate surface area is 186 Å². The Kier molecular flexibility index (Phi) is 8.36. The van der Waals surface area contributed by atoms with Gasteiger partial charge in [-0.15, -0.1) is 0 Å². The Morgan fingerprint density at radius 2 is 1.26 bits per heavy atom. The summed E-state index contributed by atoms with van der Waals surface area (Å²) >= 11 is 0. The zero-order valence-electron chi connectivity index (χ0n) is 19.5. The van der Waals surface area contributed by atoms with E-state index < -0.39 is 7.26 Å². The van der Waals surface area contributed by atoms with Gasteiger partial charge in [-0.2, -0.15) is 0 Å². The van der Waals surface area contributed by atoms with Crippen molar-refractivity contribution in [2.75, 3.05) is 35.3 Å². The molecule has 0 spiro atoms. The Morgan fingerprint density at radius 3 is 1.65 bits per heavy atom. The molecule has 0 aliphatic rings. The van der Waals surface area contributed by atoms with Crippen LogP contribution in [-0.4, -0.2) is 36.5 Å². The molecule has 0 unspecified atom stereocenters. The van der Waals surface area contributed by atoms with E-state index >= 15 is 0 Å². The summed E-state index contributed by atoms with van der Waals surface area (Å²) in [4.78, 5) is 25.9. The fourth-order valence-corrected chi connectivity index (χ4v) is 7.26.